The predicted molar refractivity (Wildman–Crippen MR) is 58.6 cm³/mol. The van der Waals surface area contributed by atoms with Gasteiger partial charge in [-0.2, -0.15) is 0 Å². The predicted octanol–water partition coefficient (Wildman–Crippen LogP) is 1.75. The second kappa shape index (κ2) is 6.25. The molecule has 0 unspecified atom stereocenters. The zero-order valence-corrected chi connectivity index (χ0v) is 10.2. The molecule has 0 rings (SSSR count). The lowest BCUT2D eigenvalue weighted by molar-refractivity contribution is -0.139. The fourth-order valence-electron chi connectivity index (χ4n) is 1.09. The summed E-state index contributed by atoms with van der Waals surface area (Å²) in [6.45, 7) is 7.47. The number of carbonyl (C=O) groups excluding carboxylic acids is 1. The summed E-state index contributed by atoms with van der Waals surface area (Å²) in [6.07, 6.45) is 0. The van der Waals surface area contributed by atoms with Gasteiger partial charge < -0.3 is 9.64 Å². The third-order valence-electron chi connectivity index (χ3n) is 1.85. The number of hydrogen-bond acceptors (Lipinski definition) is 2. The van der Waals surface area contributed by atoms with Gasteiger partial charge in [-0.15, -0.1) is 11.6 Å². The van der Waals surface area contributed by atoms with Crippen LogP contribution in [0.25, 0.3) is 0 Å². The minimum absolute atomic E-state index is 0.121. The number of alkyl halides is 1. The van der Waals surface area contributed by atoms with Gasteiger partial charge in [0.2, 0.25) is 5.91 Å². The summed E-state index contributed by atoms with van der Waals surface area (Å²) in [7, 11) is 1.63. The molecule has 0 fully saturated rings. The number of ether oxygens (including phenoxy) is 1. The van der Waals surface area contributed by atoms with Crippen molar-refractivity contribution in [1.82, 2.24) is 4.90 Å². The van der Waals surface area contributed by atoms with E-state index in [4.69, 9.17) is 16.3 Å². The van der Waals surface area contributed by atoms with Gasteiger partial charge in [-0.05, 0) is 0 Å². The first kappa shape index (κ1) is 13.7. The van der Waals surface area contributed by atoms with Crippen molar-refractivity contribution in [2.75, 3.05) is 32.7 Å². The van der Waals surface area contributed by atoms with Crippen molar-refractivity contribution in [2.24, 2.45) is 5.41 Å². The van der Waals surface area contributed by atoms with E-state index in [1.54, 1.807) is 12.0 Å². The van der Waals surface area contributed by atoms with Crippen molar-refractivity contribution >= 4 is 17.5 Å². The van der Waals surface area contributed by atoms with Gasteiger partial charge in [0.1, 0.15) is 0 Å². The third-order valence-corrected chi connectivity index (χ3v) is 2.02. The van der Waals surface area contributed by atoms with E-state index in [0.717, 1.165) is 0 Å². The summed E-state index contributed by atoms with van der Waals surface area (Å²) in [5.74, 6) is 0.584. The maximum atomic E-state index is 11.9. The molecule has 0 atom stereocenters. The number of amides is 1. The molecule has 0 aliphatic carbocycles. The fraction of sp³-hybridized carbons (Fsp3) is 0.900. The van der Waals surface area contributed by atoms with E-state index in [2.05, 4.69) is 0 Å². The summed E-state index contributed by atoms with van der Waals surface area (Å²) in [4.78, 5) is 13.6. The van der Waals surface area contributed by atoms with Gasteiger partial charge in [0.05, 0.1) is 6.61 Å². The first-order chi connectivity index (χ1) is 6.43. The molecule has 0 radical (unpaired) electrons. The molecule has 3 nitrogen and oxygen atoms in total. The lowest BCUT2D eigenvalue weighted by atomic mass is 9.95. The summed E-state index contributed by atoms with van der Waals surface area (Å²) >= 11 is 5.63. The molecule has 0 bridgehead atoms. The van der Waals surface area contributed by atoms with Crippen LogP contribution in [0, 0.1) is 5.41 Å². The Morgan fingerprint density at radius 3 is 2.29 bits per heavy atom. The van der Waals surface area contributed by atoms with Crippen molar-refractivity contribution in [3.63, 3.8) is 0 Å². The van der Waals surface area contributed by atoms with Crippen LogP contribution in [0.15, 0.2) is 0 Å². The standard InChI is InChI=1S/C10H20ClNO2/c1-10(2,3)9(13)12(6-5-11)7-8-14-4/h5-8H2,1-4H3. The Hall–Kier alpha value is -0.280. The van der Waals surface area contributed by atoms with Crippen LogP contribution in [0.1, 0.15) is 20.8 Å². The summed E-state index contributed by atoms with van der Waals surface area (Å²) in [5, 5.41) is 0. The van der Waals surface area contributed by atoms with E-state index in [9.17, 15) is 4.79 Å². The number of halogens is 1. The third kappa shape index (κ3) is 4.82. The first-order valence-corrected chi connectivity index (χ1v) is 5.31. The van der Waals surface area contributed by atoms with E-state index in [1.807, 2.05) is 20.8 Å². The van der Waals surface area contributed by atoms with Crippen LogP contribution >= 0.6 is 11.6 Å². The molecule has 0 saturated heterocycles. The van der Waals surface area contributed by atoms with Crippen molar-refractivity contribution in [2.45, 2.75) is 20.8 Å². The van der Waals surface area contributed by atoms with Crippen molar-refractivity contribution < 1.29 is 9.53 Å². The monoisotopic (exact) mass is 221 g/mol. The van der Waals surface area contributed by atoms with Crippen LogP contribution in [0.3, 0.4) is 0 Å². The van der Waals surface area contributed by atoms with Crippen LogP contribution < -0.4 is 0 Å². The largest absolute Gasteiger partial charge is 0.383 e. The zero-order valence-electron chi connectivity index (χ0n) is 9.47. The van der Waals surface area contributed by atoms with Crippen molar-refractivity contribution in [3.05, 3.63) is 0 Å². The molecule has 0 aliphatic rings. The normalized spacial score (nSPS) is 11.5. The average molecular weight is 222 g/mol. The summed E-state index contributed by atoms with van der Waals surface area (Å²) in [6, 6.07) is 0. The second-order valence-corrected chi connectivity index (χ2v) is 4.60. The van der Waals surface area contributed by atoms with Gasteiger partial charge in [-0.25, -0.2) is 0 Å². The second-order valence-electron chi connectivity index (χ2n) is 4.22. The molecule has 1 amide bonds. The van der Waals surface area contributed by atoms with E-state index in [-0.39, 0.29) is 11.3 Å². The molecular formula is C10H20ClNO2. The maximum absolute atomic E-state index is 11.9. The molecule has 0 saturated carbocycles. The van der Waals surface area contributed by atoms with Gasteiger partial charge in [0.25, 0.3) is 0 Å². The highest BCUT2D eigenvalue weighted by molar-refractivity contribution is 6.18. The van der Waals surface area contributed by atoms with Gasteiger partial charge in [-0.3, -0.25) is 4.79 Å². The highest BCUT2D eigenvalue weighted by Gasteiger charge is 2.26. The van der Waals surface area contributed by atoms with Gasteiger partial charge in [-0.1, -0.05) is 20.8 Å². The van der Waals surface area contributed by atoms with Crippen LogP contribution in [0.2, 0.25) is 0 Å². The van der Waals surface area contributed by atoms with Crippen LogP contribution in [-0.2, 0) is 9.53 Å². The number of hydrogen-bond donors (Lipinski definition) is 0. The molecule has 0 aromatic rings. The molecule has 14 heavy (non-hydrogen) atoms. The molecule has 0 aromatic heterocycles. The Morgan fingerprint density at radius 2 is 1.93 bits per heavy atom. The average Bonchev–Trinajstić information content (AvgIpc) is 2.09. The molecule has 84 valence electrons. The van der Waals surface area contributed by atoms with E-state index in [1.165, 1.54) is 0 Å². The van der Waals surface area contributed by atoms with Crippen LogP contribution in [0.5, 0.6) is 0 Å². The molecule has 0 aliphatic heterocycles. The Kier molecular flexibility index (Phi) is 6.12. The van der Waals surface area contributed by atoms with Crippen molar-refractivity contribution in [1.29, 1.82) is 0 Å². The Morgan fingerprint density at radius 1 is 1.36 bits per heavy atom. The SMILES string of the molecule is COCCN(CCCl)C(=O)C(C)(C)C. The molecule has 4 heteroatoms. The maximum Gasteiger partial charge on any atom is 0.228 e. The van der Waals surface area contributed by atoms with Crippen LogP contribution in [-0.4, -0.2) is 43.5 Å². The summed E-state index contributed by atoms with van der Waals surface area (Å²) in [5.41, 5.74) is -0.347. The minimum Gasteiger partial charge on any atom is -0.383 e. The highest BCUT2D eigenvalue weighted by atomic mass is 35.5. The van der Waals surface area contributed by atoms with E-state index < -0.39 is 0 Å². The van der Waals surface area contributed by atoms with Gasteiger partial charge in [0.15, 0.2) is 0 Å². The topological polar surface area (TPSA) is 29.5 Å². The number of carbonyl (C=O) groups is 1. The fourth-order valence-corrected chi connectivity index (χ4v) is 1.30. The molecule has 0 spiro atoms. The Labute approximate surface area is 91.4 Å². The van der Waals surface area contributed by atoms with Gasteiger partial charge in [0, 0.05) is 31.5 Å². The Bertz CT molecular complexity index is 177. The molecule has 0 aromatic carbocycles. The zero-order chi connectivity index (χ0) is 11.2. The lowest BCUT2D eigenvalue weighted by Gasteiger charge is -2.28. The van der Waals surface area contributed by atoms with E-state index >= 15 is 0 Å². The number of rotatable bonds is 5. The lowest BCUT2D eigenvalue weighted by Crippen LogP contribution is -2.42. The molecular weight excluding hydrogens is 202 g/mol. The molecule has 0 N–H and O–H groups in total. The van der Waals surface area contributed by atoms with Crippen LogP contribution in [0.4, 0.5) is 0 Å². The van der Waals surface area contributed by atoms with E-state index in [0.29, 0.717) is 25.6 Å². The summed E-state index contributed by atoms with van der Waals surface area (Å²) < 4.78 is 4.94. The molecule has 0 heterocycles. The number of nitrogens with zero attached hydrogens (tertiary/aromatic N) is 1. The first-order valence-electron chi connectivity index (χ1n) is 4.77. The minimum atomic E-state index is -0.347. The quantitative estimate of drug-likeness (QED) is 0.662. The van der Waals surface area contributed by atoms with Gasteiger partial charge >= 0.3 is 0 Å². The number of methoxy groups -OCH3 is 1. The van der Waals surface area contributed by atoms with Crippen molar-refractivity contribution in [3.8, 4) is 0 Å². The highest BCUT2D eigenvalue weighted by Crippen LogP contribution is 2.17. The smallest absolute Gasteiger partial charge is 0.228 e. The Balaban J connectivity index is 4.25.